The second-order valence-electron chi connectivity index (χ2n) is 7.53. The molecule has 3 heterocycles. The third kappa shape index (κ3) is 4.76. The second kappa shape index (κ2) is 9.09. The summed E-state index contributed by atoms with van der Waals surface area (Å²) in [6, 6.07) is 10.0. The Hall–Kier alpha value is -2.87. The summed E-state index contributed by atoms with van der Waals surface area (Å²) < 4.78 is 5.23. The van der Waals surface area contributed by atoms with Gasteiger partial charge in [-0.1, -0.05) is 0 Å². The van der Waals surface area contributed by atoms with Crippen molar-refractivity contribution in [3.63, 3.8) is 0 Å². The van der Waals surface area contributed by atoms with E-state index in [2.05, 4.69) is 31.9 Å². The van der Waals surface area contributed by atoms with Gasteiger partial charge >= 0.3 is 0 Å². The van der Waals surface area contributed by atoms with Gasteiger partial charge in [-0.05, 0) is 30.3 Å². The standard InChI is InChI=1S/C21H28N6O2/c1-29-19-5-3-18(4-6-19)25-11-9-24(10-12-25)17-20(28)26-13-15-27(16-14-26)21-22-7-2-8-23-21/h2-8H,9-17H2,1H3/p+1. The Bertz CT molecular complexity index is 785. The van der Waals surface area contributed by atoms with Crippen LogP contribution in [0.2, 0.25) is 0 Å². The molecule has 154 valence electrons. The Kier molecular flexibility index (Phi) is 6.09. The number of aromatic nitrogens is 2. The van der Waals surface area contributed by atoms with Gasteiger partial charge < -0.3 is 24.3 Å². The SMILES string of the molecule is COc1ccc(N2CC[NH+](CC(=O)N3CCN(c4ncccn4)CC3)CC2)cc1. The molecule has 2 fully saturated rings. The van der Waals surface area contributed by atoms with E-state index in [0.29, 0.717) is 6.54 Å². The van der Waals surface area contributed by atoms with Crippen LogP contribution in [0.4, 0.5) is 11.6 Å². The molecule has 8 heteroatoms. The van der Waals surface area contributed by atoms with Crippen molar-refractivity contribution in [1.29, 1.82) is 0 Å². The van der Waals surface area contributed by atoms with Crippen molar-refractivity contribution in [3.05, 3.63) is 42.7 Å². The predicted octanol–water partition coefficient (Wildman–Crippen LogP) is -0.461. The third-order valence-electron chi connectivity index (χ3n) is 5.78. The minimum Gasteiger partial charge on any atom is -0.497 e. The second-order valence-corrected chi connectivity index (χ2v) is 7.53. The highest BCUT2D eigenvalue weighted by Crippen LogP contribution is 2.19. The lowest BCUT2D eigenvalue weighted by Crippen LogP contribution is -3.16. The number of nitrogens with one attached hydrogen (secondary N) is 1. The maximum absolute atomic E-state index is 12.8. The van der Waals surface area contributed by atoms with Gasteiger partial charge in [-0.25, -0.2) is 9.97 Å². The number of amides is 1. The molecule has 0 atom stereocenters. The Labute approximate surface area is 171 Å². The fourth-order valence-electron chi connectivity index (χ4n) is 3.99. The maximum atomic E-state index is 12.8. The molecule has 2 aliphatic rings. The molecule has 2 aromatic rings. The maximum Gasteiger partial charge on any atom is 0.277 e. The molecule has 4 rings (SSSR count). The normalized spacial score (nSPS) is 18.0. The van der Waals surface area contributed by atoms with E-state index in [1.54, 1.807) is 19.5 Å². The average Bonchev–Trinajstić information content (AvgIpc) is 2.80. The Morgan fingerprint density at radius 1 is 0.966 bits per heavy atom. The molecule has 0 spiro atoms. The van der Waals surface area contributed by atoms with Crippen LogP contribution in [-0.2, 0) is 4.79 Å². The molecule has 2 aliphatic heterocycles. The molecule has 1 aromatic carbocycles. The van der Waals surface area contributed by atoms with Gasteiger partial charge in [0, 0.05) is 44.3 Å². The van der Waals surface area contributed by atoms with Crippen molar-refractivity contribution in [2.75, 3.05) is 75.8 Å². The van der Waals surface area contributed by atoms with E-state index in [0.717, 1.165) is 64.1 Å². The minimum atomic E-state index is 0.256. The Morgan fingerprint density at radius 2 is 1.62 bits per heavy atom. The van der Waals surface area contributed by atoms with Crippen LogP contribution in [0, 0.1) is 0 Å². The fraction of sp³-hybridized carbons (Fsp3) is 0.476. The van der Waals surface area contributed by atoms with Crippen LogP contribution < -0.4 is 19.4 Å². The minimum absolute atomic E-state index is 0.256. The van der Waals surface area contributed by atoms with Crippen LogP contribution in [0.15, 0.2) is 42.7 Å². The van der Waals surface area contributed by atoms with Crippen LogP contribution in [0.1, 0.15) is 0 Å². The largest absolute Gasteiger partial charge is 0.497 e. The number of rotatable bonds is 5. The van der Waals surface area contributed by atoms with E-state index in [-0.39, 0.29) is 5.91 Å². The number of ether oxygens (including phenoxy) is 1. The highest BCUT2D eigenvalue weighted by molar-refractivity contribution is 5.77. The first-order valence-corrected chi connectivity index (χ1v) is 10.3. The van der Waals surface area contributed by atoms with Gasteiger partial charge in [0.05, 0.1) is 33.3 Å². The number of carbonyl (C=O) groups excluding carboxylic acids is 1. The number of carbonyl (C=O) groups is 1. The summed E-state index contributed by atoms with van der Waals surface area (Å²) in [5.74, 6) is 1.88. The van der Waals surface area contributed by atoms with Crippen molar-refractivity contribution >= 4 is 17.5 Å². The summed E-state index contributed by atoms with van der Waals surface area (Å²) in [5, 5.41) is 0. The van der Waals surface area contributed by atoms with Crippen LogP contribution in [0.5, 0.6) is 5.75 Å². The first kappa shape index (κ1) is 19.4. The summed E-state index contributed by atoms with van der Waals surface area (Å²) in [5.41, 5.74) is 1.22. The fourth-order valence-corrected chi connectivity index (χ4v) is 3.99. The first-order valence-electron chi connectivity index (χ1n) is 10.3. The topological polar surface area (TPSA) is 66.2 Å². The number of piperazine rings is 2. The Balaban J connectivity index is 1.22. The zero-order valence-corrected chi connectivity index (χ0v) is 17.0. The lowest BCUT2D eigenvalue weighted by atomic mass is 10.2. The molecule has 1 N–H and O–H groups in total. The first-order chi connectivity index (χ1) is 14.2. The van der Waals surface area contributed by atoms with Gasteiger partial charge in [0.25, 0.3) is 5.91 Å². The van der Waals surface area contributed by atoms with Gasteiger partial charge in [-0.2, -0.15) is 0 Å². The van der Waals surface area contributed by atoms with Gasteiger partial charge in [-0.3, -0.25) is 4.79 Å². The van der Waals surface area contributed by atoms with Crippen molar-refractivity contribution in [2.45, 2.75) is 0 Å². The number of quaternary nitrogens is 1. The van der Waals surface area contributed by atoms with E-state index in [1.165, 1.54) is 10.6 Å². The molecule has 0 bridgehead atoms. The zero-order valence-electron chi connectivity index (χ0n) is 17.0. The van der Waals surface area contributed by atoms with Crippen LogP contribution >= 0.6 is 0 Å². The molecule has 0 saturated carbocycles. The molecule has 29 heavy (non-hydrogen) atoms. The monoisotopic (exact) mass is 397 g/mol. The van der Waals surface area contributed by atoms with Gasteiger partial charge in [0.2, 0.25) is 5.95 Å². The summed E-state index contributed by atoms with van der Waals surface area (Å²) >= 11 is 0. The van der Waals surface area contributed by atoms with Crippen LogP contribution in [-0.4, -0.2) is 86.8 Å². The number of anilines is 2. The number of nitrogens with zero attached hydrogens (tertiary/aromatic N) is 5. The van der Waals surface area contributed by atoms with E-state index >= 15 is 0 Å². The molecule has 0 radical (unpaired) electrons. The summed E-state index contributed by atoms with van der Waals surface area (Å²) in [6.45, 7) is 7.53. The molecule has 0 unspecified atom stereocenters. The molecule has 0 aliphatic carbocycles. The molecule has 2 saturated heterocycles. The van der Waals surface area contributed by atoms with E-state index in [9.17, 15) is 4.79 Å². The molecule has 1 aromatic heterocycles. The van der Waals surface area contributed by atoms with Crippen molar-refractivity contribution in [2.24, 2.45) is 0 Å². The zero-order chi connectivity index (χ0) is 20.1. The predicted molar refractivity (Wildman–Crippen MR) is 112 cm³/mol. The van der Waals surface area contributed by atoms with Gasteiger partial charge in [-0.15, -0.1) is 0 Å². The molecule has 8 nitrogen and oxygen atoms in total. The number of methoxy groups -OCH3 is 1. The molecular formula is C21H29N6O2+. The molecular weight excluding hydrogens is 368 g/mol. The van der Waals surface area contributed by atoms with Crippen molar-refractivity contribution in [1.82, 2.24) is 14.9 Å². The van der Waals surface area contributed by atoms with Crippen LogP contribution in [0.25, 0.3) is 0 Å². The van der Waals surface area contributed by atoms with Crippen molar-refractivity contribution < 1.29 is 14.4 Å². The smallest absolute Gasteiger partial charge is 0.277 e. The average molecular weight is 398 g/mol. The quantitative estimate of drug-likeness (QED) is 0.737. The van der Waals surface area contributed by atoms with Crippen LogP contribution in [0.3, 0.4) is 0 Å². The lowest BCUT2D eigenvalue weighted by molar-refractivity contribution is -0.892. The number of benzene rings is 1. The van der Waals surface area contributed by atoms with Gasteiger partial charge in [0.1, 0.15) is 5.75 Å². The number of hydrogen-bond acceptors (Lipinski definition) is 6. The van der Waals surface area contributed by atoms with Crippen molar-refractivity contribution in [3.8, 4) is 5.75 Å². The molecule has 1 amide bonds. The summed E-state index contributed by atoms with van der Waals surface area (Å²) in [7, 11) is 1.68. The summed E-state index contributed by atoms with van der Waals surface area (Å²) in [6.07, 6.45) is 3.52. The highest BCUT2D eigenvalue weighted by Gasteiger charge is 2.27. The summed E-state index contributed by atoms with van der Waals surface area (Å²) in [4.78, 5) is 29.2. The van der Waals surface area contributed by atoms with E-state index in [4.69, 9.17) is 4.74 Å². The highest BCUT2D eigenvalue weighted by atomic mass is 16.5. The number of hydrogen-bond donors (Lipinski definition) is 1. The van der Waals surface area contributed by atoms with E-state index in [1.807, 2.05) is 23.1 Å². The van der Waals surface area contributed by atoms with E-state index < -0.39 is 0 Å². The van der Waals surface area contributed by atoms with Gasteiger partial charge in [0.15, 0.2) is 6.54 Å². The third-order valence-corrected chi connectivity index (χ3v) is 5.78. The Morgan fingerprint density at radius 3 is 2.24 bits per heavy atom. The lowest BCUT2D eigenvalue weighted by Gasteiger charge is -2.37.